The molecule has 1 aliphatic heterocycles. The predicted molar refractivity (Wildman–Crippen MR) is 45.5 cm³/mol. The molecule has 0 saturated carbocycles. The van der Waals surface area contributed by atoms with Crippen LogP contribution in [0.5, 0.6) is 0 Å². The lowest BCUT2D eigenvalue weighted by Crippen LogP contribution is -2.10. The molecule has 1 unspecified atom stereocenters. The summed E-state index contributed by atoms with van der Waals surface area (Å²) in [4.78, 5) is 0.992. The van der Waals surface area contributed by atoms with Gasteiger partial charge in [0.2, 0.25) is 0 Å². The van der Waals surface area contributed by atoms with E-state index >= 15 is 0 Å². The number of aromatic nitrogens is 2. The Hall–Kier alpha value is -0.940. The topological polar surface area (TPSA) is 61.0 Å². The van der Waals surface area contributed by atoms with Gasteiger partial charge in [-0.3, -0.25) is 0 Å². The number of ether oxygens (including phenoxy) is 1. The van der Waals surface area contributed by atoms with Gasteiger partial charge in [-0.1, -0.05) is 4.49 Å². The third kappa shape index (κ3) is 1.33. The van der Waals surface area contributed by atoms with Gasteiger partial charge in [-0.05, 0) is 17.1 Å². The highest BCUT2D eigenvalue weighted by Gasteiger charge is 2.17. The monoisotopic (exact) mass is 183 g/mol. The fourth-order valence-corrected chi connectivity index (χ4v) is 1.67. The van der Waals surface area contributed by atoms with Crippen molar-refractivity contribution < 1.29 is 4.74 Å². The number of hydrogen-bond acceptors (Lipinski definition) is 5. The molecule has 0 spiro atoms. The molecule has 1 atom stereocenters. The first-order valence-electron chi connectivity index (χ1n) is 3.71. The van der Waals surface area contributed by atoms with E-state index in [-0.39, 0.29) is 6.04 Å². The van der Waals surface area contributed by atoms with Gasteiger partial charge in [-0.15, -0.1) is 5.10 Å². The predicted octanol–water partition coefficient (Wildman–Crippen LogP) is 0.842. The Morgan fingerprint density at radius 1 is 1.67 bits per heavy atom. The van der Waals surface area contributed by atoms with Gasteiger partial charge in [-0.2, -0.15) is 0 Å². The molecule has 1 aromatic heterocycles. The Kier molecular flexibility index (Phi) is 2.05. The van der Waals surface area contributed by atoms with Gasteiger partial charge >= 0.3 is 0 Å². The van der Waals surface area contributed by atoms with Crippen molar-refractivity contribution in [1.82, 2.24) is 9.59 Å². The van der Waals surface area contributed by atoms with Gasteiger partial charge in [0, 0.05) is 6.42 Å². The van der Waals surface area contributed by atoms with Crippen molar-refractivity contribution in [3.8, 4) is 0 Å². The smallest absolute Gasteiger partial charge is 0.0912 e. The van der Waals surface area contributed by atoms with Gasteiger partial charge in [0.25, 0.3) is 0 Å². The minimum atomic E-state index is -0.0764. The Morgan fingerprint density at radius 2 is 2.58 bits per heavy atom. The van der Waals surface area contributed by atoms with E-state index < -0.39 is 0 Å². The molecule has 4 nitrogen and oxygen atoms in total. The van der Waals surface area contributed by atoms with E-state index in [1.807, 2.05) is 0 Å². The van der Waals surface area contributed by atoms with E-state index in [9.17, 15) is 0 Å². The lowest BCUT2D eigenvalue weighted by molar-refractivity contribution is 0.281. The van der Waals surface area contributed by atoms with Crippen LogP contribution in [-0.4, -0.2) is 16.2 Å². The van der Waals surface area contributed by atoms with Gasteiger partial charge in [-0.25, -0.2) is 0 Å². The molecule has 12 heavy (non-hydrogen) atoms. The lowest BCUT2D eigenvalue weighted by Gasteiger charge is -2.06. The molecule has 2 rings (SSSR count). The summed E-state index contributed by atoms with van der Waals surface area (Å²) in [6.07, 6.45) is 4.36. The Bertz CT molecular complexity index is 283. The standard InChI is InChI=1S/C7H9N3OS/c8-7(5-1-2-11-4-5)6-3-9-10-12-6/h3-4,7H,1-2,8H2. The third-order valence-electron chi connectivity index (χ3n) is 1.83. The molecule has 2 N–H and O–H groups in total. The summed E-state index contributed by atoms with van der Waals surface area (Å²) >= 11 is 1.34. The molecule has 1 aromatic rings. The Morgan fingerprint density at radius 3 is 3.17 bits per heavy atom. The summed E-state index contributed by atoms with van der Waals surface area (Å²) in [5.74, 6) is 0. The highest BCUT2D eigenvalue weighted by Crippen LogP contribution is 2.26. The minimum Gasteiger partial charge on any atom is -0.501 e. The number of rotatable bonds is 2. The van der Waals surface area contributed by atoms with Gasteiger partial charge in [0.15, 0.2) is 0 Å². The van der Waals surface area contributed by atoms with Crippen LogP contribution in [0.2, 0.25) is 0 Å². The van der Waals surface area contributed by atoms with Crippen LogP contribution in [0.4, 0.5) is 0 Å². The molecule has 0 aliphatic carbocycles. The molecule has 0 fully saturated rings. The number of nitrogens with zero attached hydrogens (tertiary/aromatic N) is 2. The van der Waals surface area contributed by atoms with Crippen molar-refractivity contribution in [2.24, 2.45) is 5.73 Å². The van der Waals surface area contributed by atoms with Crippen LogP contribution in [0, 0.1) is 0 Å². The summed E-state index contributed by atoms with van der Waals surface area (Å²) < 4.78 is 8.86. The highest BCUT2D eigenvalue weighted by molar-refractivity contribution is 7.05. The summed E-state index contributed by atoms with van der Waals surface area (Å²) in [6, 6.07) is -0.0764. The average Bonchev–Trinajstić information content (AvgIpc) is 2.77. The van der Waals surface area contributed by atoms with Crippen LogP contribution in [0.1, 0.15) is 17.3 Å². The molecule has 2 heterocycles. The van der Waals surface area contributed by atoms with E-state index in [2.05, 4.69) is 9.59 Å². The molecule has 5 heteroatoms. The van der Waals surface area contributed by atoms with Gasteiger partial charge in [0.05, 0.1) is 30.0 Å². The van der Waals surface area contributed by atoms with Crippen LogP contribution in [0.15, 0.2) is 18.0 Å². The molecule has 1 aliphatic rings. The van der Waals surface area contributed by atoms with Crippen molar-refractivity contribution in [3.05, 3.63) is 22.9 Å². The zero-order valence-electron chi connectivity index (χ0n) is 6.43. The van der Waals surface area contributed by atoms with Crippen LogP contribution >= 0.6 is 11.5 Å². The van der Waals surface area contributed by atoms with Crippen LogP contribution in [0.3, 0.4) is 0 Å². The fourth-order valence-electron chi connectivity index (χ4n) is 1.13. The van der Waals surface area contributed by atoms with E-state index in [1.54, 1.807) is 12.5 Å². The SMILES string of the molecule is NC(C1=COCC1)c1cnns1. The van der Waals surface area contributed by atoms with Gasteiger partial charge in [0.1, 0.15) is 0 Å². The van der Waals surface area contributed by atoms with E-state index in [4.69, 9.17) is 10.5 Å². The van der Waals surface area contributed by atoms with Crippen LogP contribution in [-0.2, 0) is 4.74 Å². The molecular formula is C7H9N3OS. The molecule has 64 valence electrons. The van der Waals surface area contributed by atoms with E-state index in [0.29, 0.717) is 0 Å². The first-order valence-corrected chi connectivity index (χ1v) is 4.48. The second-order valence-corrected chi connectivity index (χ2v) is 3.43. The molecule has 0 aromatic carbocycles. The molecular weight excluding hydrogens is 174 g/mol. The molecule has 0 saturated heterocycles. The average molecular weight is 183 g/mol. The summed E-state index contributed by atoms with van der Waals surface area (Å²) in [5, 5.41) is 3.74. The van der Waals surface area contributed by atoms with Crippen molar-refractivity contribution in [3.63, 3.8) is 0 Å². The summed E-state index contributed by atoms with van der Waals surface area (Å²) in [6.45, 7) is 0.745. The van der Waals surface area contributed by atoms with Crippen molar-refractivity contribution in [2.75, 3.05) is 6.61 Å². The highest BCUT2D eigenvalue weighted by atomic mass is 32.1. The molecule has 0 amide bonds. The maximum absolute atomic E-state index is 5.93. The lowest BCUT2D eigenvalue weighted by atomic mass is 10.1. The Labute approximate surface area is 74.2 Å². The van der Waals surface area contributed by atoms with E-state index in [1.165, 1.54) is 11.5 Å². The van der Waals surface area contributed by atoms with Crippen LogP contribution in [0.25, 0.3) is 0 Å². The maximum Gasteiger partial charge on any atom is 0.0912 e. The first-order chi connectivity index (χ1) is 5.88. The largest absolute Gasteiger partial charge is 0.501 e. The van der Waals surface area contributed by atoms with E-state index in [0.717, 1.165) is 23.5 Å². The minimum absolute atomic E-state index is 0.0764. The van der Waals surface area contributed by atoms with Gasteiger partial charge < -0.3 is 10.5 Å². The normalized spacial score (nSPS) is 18.6. The number of hydrogen-bond donors (Lipinski definition) is 1. The second kappa shape index (κ2) is 3.20. The summed E-state index contributed by atoms with van der Waals surface area (Å²) in [5.41, 5.74) is 7.05. The second-order valence-electron chi connectivity index (χ2n) is 2.61. The summed E-state index contributed by atoms with van der Waals surface area (Å²) in [7, 11) is 0. The zero-order chi connectivity index (χ0) is 8.39. The fraction of sp³-hybridized carbons (Fsp3) is 0.429. The van der Waals surface area contributed by atoms with Crippen LogP contribution < -0.4 is 5.73 Å². The molecule has 0 radical (unpaired) electrons. The van der Waals surface area contributed by atoms with Crippen molar-refractivity contribution >= 4 is 11.5 Å². The Balaban J connectivity index is 2.14. The van der Waals surface area contributed by atoms with Crippen molar-refractivity contribution in [1.29, 1.82) is 0 Å². The quantitative estimate of drug-likeness (QED) is 0.738. The number of nitrogens with two attached hydrogens (primary N) is 1. The maximum atomic E-state index is 5.93. The first kappa shape index (κ1) is 7.70. The zero-order valence-corrected chi connectivity index (χ0v) is 7.25. The van der Waals surface area contributed by atoms with Crippen molar-refractivity contribution in [2.45, 2.75) is 12.5 Å². The molecule has 0 bridgehead atoms. The third-order valence-corrected chi connectivity index (χ3v) is 2.57.